The summed E-state index contributed by atoms with van der Waals surface area (Å²) in [6, 6.07) is 0. The highest BCUT2D eigenvalue weighted by Crippen LogP contribution is 2.19. The Balaban J connectivity index is 2.44. The average Bonchev–Trinajstić information content (AvgIpc) is 2.55. The van der Waals surface area contributed by atoms with Gasteiger partial charge in [0.2, 0.25) is 0 Å². The first-order valence-corrected chi connectivity index (χ1v) is 7.21. The minimum atomic E-state index is 0.944. The van der Waals surface area contributed by atoms with E-state index in [1.807, 2.05) is 11.8 Å². The third-order valence-electron chi connectivity index (χ3n) is 2.65. The summed E-state index contributed by atoms with van der Waals surface area (Å²) in [5.41, 5.74) is 3.59. The number of rotatable bonds is 7. The van der Waals surface area contributed by atoms with E-state index in [1.165, 1.54) is 29.3 Å². The lowest BCUT2D eigenvalue weighted by atomic mass is 10.3. The van der Waals surface area contributed by atoms with E-state index in [-0.39, 0.29) is 0 Å². The molecule has 0 atom stereocenters. The minimum absolute atomic E-state index is 0.944. The molecule has 0 aliphatic carbocycles. The van der Waals surface area contributed by atoms with Crippen LogP contribution in [0.2, 0.25) is 0 Å². The largest absolute Gasteiger partial charge is 0.382 e. The van der Waals surface area contributed by atoms with Crippen molar-refractivity contribution < 1.29 is 0 Å². The fraction of sp³-hybridized carbons (Fsp3) is 0.750. The number of thioether (sulfide) groups is 1. The van der Waals surface area contributed by atoms with Crippen molar-refractivity contribution in [3.8, 4) is 0 Å². The molecule has 1 heterocycles. The number of nitrogens with one attached hydrogen (secondary N) is 1. The normalized spacial score (nSPS) is 10.8. The highest BCUT2D eigenvalue weighted by Gasteiger charge is 2.08. The molecule has 0 aliphatic heterocycles. The summed E-state index contributed by atoms with van der Waals surface area (Å²) in [4.78, 5) is 0. The van der Waals surface area contributed by atoms with Gasteiger partial charge >= 0.3 is 0 Å². The third kappa shape index (κ3) is 3.44. The molecule has 1 aromatic rings. The average molecular weight is 241 g/mol. The van der Waals surface area contributed by atoms with Crippen molar-refractivity contribution in [1.82, 2.24) is 9.78 Å². The zero-order chi connectivity index (χ0) is 12.0. The van der Waals surface area contributed by atoms with E-state index in [0.717, 1.165) is 18.8 Å². The molecule has 0 saturated carbocycles. The molecule has 0 spiro atoms. The molecule has 1 aromatic heterocycles. The van der Waals surface area contributed by atoms with Gasteiger partial charge in [-0.3, -0.25) is 4.68 Å². The lowest BCUT2D eigenvalue weighted by molar-refractivity contribution is 0.634. The first-order valence-electron chi connectivity index (χ1n) is 6.06. The topological polar surface area (TPSA) is 29.9 Å². The fourth-order valence-corrected chi connectivity index (χ4v) is 2.43. The van der Waals surface area contributed by atoms with E-state index in [4.69, 9.17) is 0 Å². The molecule has 3 nitrogen and oxygen atoms in total. The van der Waals surface area contributed by atoms with Gasteiger partial charge in [0.25, 0.3) is 0 Å². The summed E-state index contributed by atoms with van der Waals surface area (Å²) in [6.45, 7) is 10.5. The Kier molecular flexibility index (Phi) is 5.74. The number of aryl methyl sites for hydroxylation is 2. The Morgan fingerprint density at radius 3 is 2.62 bits per heavy atom. The fourth-order valence-electron chi connectivity index (χ4n) is 1.79. The van der Waals surface area contributed by atoms with E-state index in [9.17, 15) is 0 Å². The summed E-state index contributed by atoms with van der Waals surface area (Å²) in [7, 11) is 0. The van der Waals surface area contributed by atoms with Gasteiger partial charge in [-0.25, -0.2) is 0 Å². The maximum absolute atomic E-state index is 4.49. The molecule has 0 unspecified atom stereocenters. The first kappa shape index (κ1) is 13.4. The molecule has 0 aliphatic rings. The SMILES string of the molecule is CCSCCCNc1c(C)nn(CC)c1C. The predicted molar refractivity (Wildman–Crippen MR) is 73.5 cm³/mol. The summed E-state index contributed by atoms with van der Waals surface area (Å²) in [6.07, 6.45) is 1.22. The molecule has 16 heavy (non-hydrogen) atoms. The Hall–Kier alpha value is -0.640. The molecule has 0 amide bonds. The van der Waals surface area contributed by atoms with Gasteiger partial charge in [-0.1, -0.05) is 6.92 Å². The zero-order valence-electron chi connectivity index (χ0n) is 10.8. The molecule has 4 heteroatoms. The Labute approximate surface area is 103 Å². The van der Waals surface area contributed by atoms with Crippen LogP contribution in [0.15, 0.2) is 0 Å². The van der Waals surface area contributed by atoms with Crippen LogP contribution < -0.4 is 5.32 Å². The van der Waals surface area contributed by atoms with Crippen molar-refractivity contribution in [3.05, 3.63) is 11.4 Å². The molecule has 0 bridgehead atoms. The van der Waals surface area contributed by atoms with Crippen LogP contribution in [0, 0.1) is 13.8 Å². The molecular formula is C12H23N3S. The first-order chi connectivity index (χ1) is 7.70. The van der Waals surface area contributed by atoms with Crippen LogP contribution in [0.4, 0.5) is 5.69 Å². The second-order valence-corrected chi connectivity index (χ2v) is 5.23. The van der Waals surface area contributed by atoms with Crippen molar-refractivity contribution in [1.29, 1.82) is 0 Å². The highest BCUT2D eigenvalue weighted by molar-refractivity contribution is 7.99. The van der Waals surface area contributed by atoms with Gasteiger partial charge in [-0.15, -0.1) is 0 Å². The second-order valence-electron chi connectivity index (χ2n) is 3.84. The van der Waals surface area contributed by atoms with Crippen LogP contribution in [-0.4, -0.2) is 27.8 Å². The molecule has 1 N–H and O–H groups in total. The van der Waals surface area contributed by atoms with Crippen LogP contribution in [0.3, 0.4) is 0 Å². The smallest absolute Gasteiger partial charge is 0.0827 e. The van der Waals surface area contributed by atoms with Gasteiger partial charge in [-0.2, -0.15) is 16.9 Å². The van der Waals surface area contributed by atoms with E-state index >= 15 is 0 Å². The van der Waals surface area contributed by atoms with Crippen molar-refractivity contribution in [2.75, 3.05) is 23.4 Å². The Bertz CT molecular complexity index is 320. The van der Waals surface area contributed by atoms with Crippen LogP contribution in [-0.2, 0) is 6.54 Å². The van der Waals surface area contributed by atoms with Gasteiger partial charge in [0.05, 0.1) is 17.1 Å². The third-order valence-corrected chi connectivity index (χ3v) is 3.64. The second kappa shape index (κ2) is 6.84. The van der Waals surface area contributed by atoms with E-state index in [2.05, 4.69) is 42.8 Å². The molecule has 0 aromatic carbocycles. The van der Waals surface area contributed by atoms with Gasteiger partial charge in [0, 0.05) is 13.1 Å². The lowest BCUT2D eigenvalue weighted by Crippen LogP contribution is -2.05. The molecular weight excluding hydrogens is 218 g/mol. The van der Waals surface area contributed by atoms with Crippen molar-refractivity contribution >= 4 is 17.4 Å². The minimum Gasteiger partial charge on any atom is -0.382 e. The maximum atomic E-state index is 4.49. The summed E-state index contributed by atoms with van der Waals surface area (Å²) in [5, 5.41) is 7.99. The lowest BCUT2D eigenvalue weighted by Gasteiger charge is -2.06. The molecule has 0 radical (unpaired) electrons. The number of nitrogens with zero attached hydrogens (tertiary/aromatic N) is 2. The predicted octanol–water partition coefficient (Wildman–Crippen LogP) is 3.07. The van der Waals surface area contributed by atoms with Gasteiger partial charge in [0.1, 0.15) is 0 Å². The monoisotopic (exact) mass is 241 g/mol. The Morgan fingerprint density at radius 1 is 1.31 bits per heavy atom. The number of anilines is 1. The van der Waals surface area contributed by atoms with Crippen molar-refractivity contribution in [3.63, 3.8) is 0 Å². The van der Waals surface area contributed by atoms with Crippen molar-refractivity contribution in [2.45, 2.75) is 40.7 Å². The molecule has 0 fully saturated rings. The summed E-state index contributed by atoms with van der Waals surface area (Å²) >= 11 is 2.00. The molecule has 0 saturated heterocycles. The number of hydrogen-bond donors (Lipinski definition) is 1. The standard InChI is InChI=1S/C12H23N3S/c1-5-15-11(4)12(10(3)14-15)13-8-7-9-16-6-2/h13H,5-9H2,1-4H3. The quantitative estimate of drug-likeness (QED) is 0.744. The number of hydrogen-bond acceptors (Lipinski definition) is 3. The zero-order valence-corrected chi connectivity index (χ0v) is 11.7. The van der Waals surface area contributed by atoms with Crippen LogP contribution in [0.25, 0.3) is 0 Å². The van der Waals surface area contributed by atoms with Crippen molar-refractivity contribution in [2.24, 2.45) is 0 Å². The molecule has 92 valence electrons. The van der Waals surface area contributed by atoms with Crippen LogP contribution >= 0.6 is 11.8 Å². The summed E-state index contributed by atoms with van der Waals surface area (Å²) < 4.78 is 2.05. The van der Waals surface area contributed by atoms with E-state index in [0.29, 0.717) is 0 Å². The molecule has 1 rings (SSSR count). The van der Waals surface area contributed by atoms with Gasteiger partial charge in [-0.05, 0) is 38.7 Å². The van der Waals surface area contributed by atoms with Gasteiger partial charge < -0.3 is 5.32 Å². The Morgan fingerprint density at radius 2 is 2.06 bits per heavy atom. The van der Waals surface area contributed by atoms with Gasteiger partial charge in [0.15, 0.2) is 0 Å². The maximum Gasteiger partial charge on any atom is 0.0827 e. The van der Waals surface area contributed by atoms with E-state index in [1.54, 1.807) is 0 Å². The summed E-state index contributed by atoms with van der Waals surface area (Å²) in [5.74, 6) is 2.45. The van der Waals surface area contributed by atoms with Crippen LogP contribution in [0.5, 0.6) is 0 Å². The highest BCUT2D eigenvalue weighted by atomic mass is 32.2. The van der Waals surface area contributed by atoms with E-state index < -0.39 is 0 Å². The van der Waals surface area contributed by atoms with Crippen LogP contribution in [0.1, 0.15) is 31.7 Å². The number of aromatic nitrogens is 2.